The van der Waals surface area contributed by atoms with Gasteiger partial charge in [0, 0.05) is 34.6 Å². The third kappa shape index (κ3) is 2.49. The van der Waals surface area contributed by atoms with Crippen LogP contribution < -0.4 is 0 Å². The Labute approximate surface area is 136 Å². The van der Waals surface area contributed by atoms with Gasteiger partial charge in [0.25, 0.3) is 0 Å². The number of fused-ring (bicyclic) bond motifs is 1. The minimum atomic E-state index is 0.0860. The van der Waals surface area contributed by atoms with Crippen molar-refractivity contribution in [2.45, 2.75) is 0 Å². The number of thiophene rings is 1. The first-order valence-electron chi connectivity index (χ1n) is 5.63. The van der Waals surface area contributed by atoms with Gasteiger partial charge in [-0.2, -0.15) is 0 Å². The van der Waals surface area contributed by atoms with Crippen molar-refractivity contribution in [1.82, 2.24) is 0 Å². The van der Waals surface area contributed by atoms with Crippen molar-refractivity contribution in [1.29, 1.82) is 0 Å². The first-order chi connectivity index (χ1) is 9.16. The molecule has 0 N–H and O–H groups in total. The van der Waals surface area contributed by atoms with Crippen molar-refractivity contribution in [3.8, 4) is 0 Å². The van der Waals surface area contributed by atoms with Crippen LogP contribution in [0.5, 0.6) is 0 Å². The first kappa shape index (κ1) is 13.3. The van der Waals surface area contributed by atoms with Crippen LogP contribution in [0.3, 0.4) is 0 Å². The highest BCUT2D eigenvalue weighted by Gasteiger charge is 2.15. The van der Waals surface area contributed by atoms with Crippen molar-refractivity contribution in [3.63, 3.8) is 0 Å². The SMILES string of the molecule is O=C(c1cccc(I)c1)c1csc2c(Br)cccc12. The average Bonchev–Trinajstić information content (AvgIpc) is 2.83. The number of carbonyl (C=O) groups excluding carboxylic acids is 1. The molecule has 0 atom stereocenters. The maximum absolute atomic E-state index is 12.6. The molecule has 0 amide bonds. The molecule has 0 bridgehead atoms. The van der Waals surface area contributed by atoms with Crippen LogP contribution in [0.25, 0.3) is 10.1 Å². The van der Waals surface area contributed by atoms with E-state index in [1.54, 1.807) is 11.3 Å². The van der Waals surface area contributed by atoms with Crippen LogP contribution in [0.1, 0.15) is 15.9 Å². The predicted octanol–water partition coefficient (Wildman–Crippen LogP) is 5.50. The molecule has 0 aliphatic carbocycles. The second-order valence-corrected chi connectivity index (χ2v) is 7.08. The van der Waals surface area contributed by atoms with Gasteiger partial charge in [-0.05, 0) is 56.7 Å². The highest BCUT2D eigenvalue weighted by atomic mass is 127. The Balaban J connectivity index is 2.15. The molecule has 0 aliphatic heterocycles. The molecule has 0 aliphatic rings. The zero-order valence-corrected chi connectivity index (χ0v) is 14.3. The number of hydrogen-bond acceptors (Lipinski definition) is 2. The summed E-state index contributed by atoms with van der Waals surface area (Å²) in [6.07, 6.45) is 0. The highest BCUT2D eigenvalue weighted by Crippen LogP contribution is 2.33. The third-order valence-electron chi connectivity index (χ3n) is 2.88. The Kier molecular flexibility index (Phi) is 3.73. The van der Waals surface area contributed by atoms with E-state index < -0.39 is 0 Å². The molecule has 3 rings (SSSR count). The zero-order chi connectivity index (χ0) is 13.4. The van der Waals surface area contributed by atoms with Gasteiger partial charge in [-0.25, -0.2) is 0 Å². The maximum atomic E-state index is 12.6. The Morgan fingerprint density at radius 1 is 1.16 bits per heavy atom. The van der Waals surface area contributed by atoms with E-state index in [1.165, 1.54) is 0 Å². The number of halogens is 2. The van der Waals surface area contributed by atoms with Gasteiger partial charge in [-0.3, -0.25) is 4.79 Å². The van der Waals surface area contributed by atoms with Crippen LogP contribution in [0, 0.1) is 3.57 Å². The molecular weight excluding hydrogens is 435 g/mol. The van der Waals surface area contributed by atoms with Crippen LogP contribution in [0.2, 0.25) is 0 Å². The summed E-state index contributed by atoms with van der Waals surface area (Å²) in [5, 5.41) is 2.96. The standard InChI is InChI=1S/C15H8BrIOS/c16-13-6-2-5-11-12(8-19-15(11)13)14(18)9-3-1-4-10(17)7-9/h1-8H. The molecule has 3 aromatic rings. The Hall–Kier alpha value is -0.720. The topological polar surface area (TPSA) is 17.1 Å². The molecule has 0 spiro atoms. The van der Waals surface area contributed by atoms with Crippen LogP contribution >= 0.6 is 49.9 Å². The van der Waals surface area contributed by atoms with Gasteiger partial charge in [0.05, 0.1) is 0 Å². The monoisotopic (exact) mass is 442 g/mol. The molecule has 94 valence electrons. The van der Waals surface area contributed by atoms with Crippen molar-refractivity contribution >= 4 is 65.7 Å². The molecule has 0 fully saturated rings. The summed E-state index contributed by atoms with van der Waals surface area (Å²) < 4.78 is 3.23. The highest BCUT2D eigenvalue weighted by molar-refractivity contribution is 14.1. The number of hydrogen-bond donors (Lipinski definition) is 0. The summed E-state index contributed by atoms with van der Waals surface area (Å²) in [5.74, 6) is 0.0860. The Bertz CT molecular complexity index is 779. The van der Waals surface area contributed by atoms with Crippen LogP contribution in [-0.4, -0.2) is 5.78 Å². The summed E-state index contributed by atoms with van der Waals surface area (Å²) in [5.41, 5.74) is 1.52. The fraction of sp³-hybridized carbons (Fsp3) is 0. The maximum Gasteiger partial charge on any atom is 0.194 e. The van der Waals surface area contributed by atoms with E-state index in [9.17, 15) is 4.79 Å². The van der Waals surface area contributed by atoms with Crippen molar-refractivity contribution in [2.24, 2.45) is 0 Å². The number of ketones is 1. The first-order valence-corrected chi connectivity index (χ1v) is 8.38. The van der Waals surface area contributed by atoms with Gasteiger partial charge in [-0.1, -0.05) is 24.3 Å². The molecule has 2 aromatic carbocycles. The molecule has 1 nitrogen and oxygen atoms in total. The van der Waals surface area contributed by atoms with Crippen LogP contribution in [0.15, 0.2) is 52.3 Å². The Morgan fingerprint density at radius 2 is 1.95 bits per heavy atom. The van der Waals surface area contributed by atoms with E-state index in [4.69, 9.17) is 0 Å². The van der Waals surface area contributed by atoms with E-state index in [2.05, 4.69) is 38.5 Å². The average molecular weight is 443 g/mol. The normalized spacial score (nSPS) is 10.8. The van der Waals surface area contributed by atoms with Crippen molar-refractivity contribution in [3.05, 3.63) is 67.0 Å². The van der Waals surface area contributed by atoms with Crippen molar-refractivity contribution < 1.29 is 4.79 Å². The summed E-state index contributed by atoms with van der Waals surface area (Å²) in [4.78, 5) is 12.6. The fourth-order valence-electron chi connectivity index (χ4n) is 1.98. The summed E-state index contributed by atoms with van der Waals surface area (Å²) in [6, 6.07) is 13.6. The van der Waals surface area contributed by atoms with E-state index in [0.717, 1.165) is 29.3 Å². The lowest BCUT2D eigenvalue weighted by Gasteiger charge is -2.01. The van der Waals surface area contributed by atoms with E-state index in [0.29, 0.717) is 0 Å². The second kappa shape index (κ2) is 5.34. The molecule has 1 aromatic heterocycles. The fourth-order valence-corrected chi connectivity index (χ4v) is 4.13. The van der Waals surface area contributed by atoms with E-state index >= 15 is 0 Å². The van der Waals surface area contributed by atoms with E-state index in [-0.39, 0.29) is 5.78 Å². The lowest BCUT2D eigenvalue weighted by molar-refractivity contribution is 0.104. The molecule has 0 radical (unpaired) electrons. The van der Waals surface area contributed by atoms with Crippen molar-refractivity contribution in [2.75, 3.05) is 0 Å². The molecule has 0 unspecified atom stereocenters. The number of benzene rings is 2. The molecule has 19 heavy (non-hydrogen) atoms. The molecule has 0 saturated carbocycles. The molecule has 0 saturated heterocycles. The van der Waals surface area contributed by atoms with Gasteiger partial charge in [0.2, 0.25) is 0 Å². The molecule has 1 heterocycles. The lowest BCUT2D eigenvalue weighted by Crippen LogP contribution is -2.00. The summed E-state index contributed by atoms with van der Waals surface area (Å²) in [6.45, 7) is 0. The number of rotatable bonds is 2. The van der Waals surface area contributed by atoms with Gasteiger partial charge in [-0.15, -0.1) is 11.3 Å². The smallest absolute Gasteiger partial charge is 0.194 e. The quantitative estimate of drug-likeness (QED) is 0.378. The van der Waals surface area contributed by atoms with Crippen LogP contribution in [0.4, 0.5) is 0 Å². The van der Waals surface area contributed by atoms with Crippen LogP contribution in [-0.2, 0) is 0 Å². The largest absolute Gasteiger partial charge is 0.289 e. The van der Waals surface area contributed by atoms with Gasteiger partial charge >= 0.3 is 0 Å². The lowest BCUT2D eigenvalue weighted by atomic mass is 10.0. The second-order valence-electron chi connectivity index (χ2n) is 4.11. The Morgan fingerprint density at radius 3 is 2.74 bits per heavy atom. The number of carbonyl (C=O) groups is 1. The van der Waals surface area contributed by atoms with Gasteiger partial charge in [0.15, 0.2) is 5.78 Å². The van der Waals surface area contributed by atoms with E-state index in [1.807, 2.05) is 47.8 Å². The zero-order valence-electron chi connectivity index (χ0n) is 9.69. The minimum Gasteiger partial charge on any atom is -0.289 e. The molecule has 4 heteroatoms. The van der Waals surface area contributed by atoms with Gasteiger partial charge < -0.3 is 0 Å². The molecular formula is C15H8BrIOS. The predicted molar refractivity (Wildman–Crippen MR) is 92.1 cm³/mol. The summed E-state index contributed by atoms with van der Waals surface area (Å²) in [7, 11) is 0. The van der Waals surface area contributed by atoms with Gasteiger partial charge in [0.1, 0.15) is 0 Å². The summed E-state index contributed by atoms with van der Waals surface area (Å²) >= 11 is 7.35. The minimum absolute atomic E-state index is 0.0860. The third-order valence-corrected chi connectivity index (χ3v) is 5.51.